The van der Waals surface area contributed by atoms with Gasteiger partial charge in [0.2, 0.25) is 0 Å². The average molecular weight is 393 g/mol. The molecule has 0 aromatic heterocycles. The van der Waals surface area contributed by atoms with Crippen molar-refractivity contribution in [2.45, 2.75) is 17.9 Å². The van der Waals surface area contributed by atoms with E-state index in [-0.39, 0.29) is 10.6 Å². The van der Waals surface area contributed by atoms with Crippen molar-refractivity contribution in [3.8, 4) is 5.75 Å². The van der Waals surface area contributed by atoms with E-state index in [0.717, 1.165) is 9.71 Å². The van der Waals surface area contributed by atoms with Crippen molar-refractivity contribution >= 4 is 25.5 Å². The molecule has 1 aliphatic rings. The molecule has 1 unspecified atom stereocenters. The van der Waals surface area contributed by atoms with Gasteiger partial charge in [0.15, 0.2) is 9.84 Å². The largest absolute Gasteiger partial charge is 0.494 e. The van der Waals surface area contributed by atoms with E-state index in [2.05, 4.69) is 0 Å². The molecule has 138 valence electrons. The summed E-state index contributed by atoms with van der Waals surface area (Å²) in [7, 11) is -7.36. The summed E-state index contributed by atoms with van der Waals surface area (Å²) < 4.78 is 56.7. The second kappa shape index (κ2) is 7.13. The van der Waals surface area contributed by atoms with Gasteiger partial charge in [-0.3, -0.25) is 4.31 Å². The normalized spacial score (nSPS) is 18.6. The highest BCUT2D eigenvalue weighted by atomic mass is 32.2. The van der Waals surface area contributed by atoms with E-state index in [9.17, 15) is 16.8 Å². The van der Waals surface area contributed by atoms with Crippen molar-refractivity contribution in [3.63, 3.8) is 0 Å². The lowest BCUT2D eigenvalue weighted by molar-refractivity contribution is 0.340. The molecule has 6 nitrogen and oxygen atoms in total. The predicted octanol–water partition coefficient (Wildman–Crippen LogP) is 2.59. The molecule has 0 aliphatic carbocycles. The highest BCUT2D eigenvalue weighted by Gasteiger charge is 2.35. The van der Waals surface area contributed by atoms with Crippen LogP contribution in [-0.4, -0.2) is 35.2 Å². The molecule has 1 heterocycles. The molecule has 0 saturated heterocycles. The lowest BCUT2D eigenvalue weighted by Crippen LogP contribution is -2.41. The molecule has 1 aliphatic heterocycles. The van der Waals surface area contributed by atoms with Gasteiger partial charge < -0.3 is 4.74 Å². The van der Waals surface area contributed by atoms with E-state index < -0.39 is 25.9 Å². The van der Waals surface area contributed by atoms with Crippen LogP contribution in [0.2, 0.25) is 0 Å². The maximum absolute atomic E-state index is 13.2. The number of hydrogen-bond donors (Lipinski definition) is 0. The zero-order valence-electron chi connectivity index (χ0n) is 14.1. The number of benzene rings is 2. The minimum Gasteiger partial charge on any atom is -0.494 e. The first-order valence-electron chi connectivity index (χ1n) is 8.07. The summed E-state index contributed by atoms with van der Waals surface area (Å²) >= 11 is 0. The average Bonchev–Trinajstić information content (AvgIpc) is 2.97. The quantitative estimate of drug-likeness (QED) is 0.754. The predicted molar refractivity (Wildman–Crippen MR) is 100 cm³/mol. The Balaban J connectivity index is 2.07. The zero-order chi connectivity index (χ0) is 18.8. The molecule has 26 heavy (non-hydrogen) atoms. The lowest BCUT2D eigenvalue weighted by atomic mass is 10.2. The molecule has 2 aromatic rings. The summed E-state index contributed by atoms with van der Waals surface area (Å²) in [5.74, 6) is 0.328. The van der Waals surface area contributed by atoms with Crippen LogP contribution in [0.3, 0.4) is 0 Å². The molecule has 1 atom stereocenters. The number of sulfone groups is 1. The molecule has 8 heteroatoms. The van der Waals surface area contributed by atoms with Gasteiger partial charge in [0.05, 0.1) is 29.0 Å². The molecule has 0 N–H and O–H groups in total. The third-order valence-corrected chi connectivity index (χ3v) is 7.16. The van der Waals surface area contributed by atoms with Crippen molar-refractivity contribution in [2.75, 3.05) is 16.7 Å². The fourth-order valence-electron chi connectivity index (χ4n) is 2.78. The second-order valence-corrected chi connectivity index (χ2v) is 9.51. The van der Waals surface area contributed by atoms with Gasteiger partial charge in [-0.15, -0.1) is 0 Å². The SMILES string of the molecule is CCOc1ccc(N(C2C=CS(=O)(=O)C2)S(=O)(=O)c2ccccc2)cc1. The van der Waals surface area contributed by atoms with Gasteiger partial charge in [-0.2, -0.15) is 0 Å². The zero-order valence-corrected chi connectivity index (χ0v) is 15.8. The van der Waals surface area contributed by atoms with Crippen molar-refractivity contribution in [3.05, 3.63) is 66.1 Å². The molecular weight excluding hydrogens is 374 g/mol. The summed E-state index contributed by atoms with van der Waals surface area (Å²) in [6.45, 7) is 2.35. The Bertz CT molecular complexity index is 997. The van der Waals surface area contributed by atoms with Gasteiger partial charge in [-0.25, -0.2) is 16.8 Å². The third-order valence-electron chi connectivity index (χ3n) is 3.91. The van der Waals surface area contributed by atoms with Crippen molar-refractivity contribution in [2.24, 2.45) is 0 Å². The Morgan fingerprint density at radius 1 is 1.08 bits per heavy atom. The number of ether oxygens (including phenoxy) is 1. The molecule has 0 amide bonds. The van der Waals surface area contributed by atoms with Gasteiger partial charge in [0.25, 0.3) is 10.0 Å². The van der Waals surface area contributed by atoms with Crippen LogP contribution in [-0.2, 0) is 19.9 Å². The maximum atomic E-state index is 13.2. The van der Waals surface area contributed by atoms with Crippen LogP contribution in [0.1, 0.15) is 6.92 Å². The van der Waals surface area contributed by atoms with E-state index in [0.29, 0.717) is 18.0 Å². The highest BCUT2D eigenvalue weighted by Crippen LogP contribution is 2.30. The Kier molecular flexibility index (Phi) is 5.06. The Morgan fingerprint density at radius 3 is 2.27 bits per heavy atom. The smallest absolute Gasteiger partial charge is 0.264 e. The molecule has 0 radical (unpaired) electrons. The van der Waals surface area contributed by atoms with E-state index >= 15 is 0 Å². The molecule has 0 spiro atoms. The van der Waals surface area contributed by atoms with E-state index in [4.69, 9.17) is 4.74 Å². The van der Waals surface area contributed by atoms with Gasteiger partial charge in [0.1, 0.15) is 5.75 Å². The van der Waals surface area contributed by atoms with Gasteiger partial charge in [0, 0.05) is 5.41 Å². The Labute approximate surface area is 153 Å². The standard InChI is InChI=1S/C18H19NO5S2/c1-2-24-17-10-8-15(9-11-17)19(16-12-13-25(20,21)14-16)26(22,23)18-6-4-3-5-7-18/h3-13,16H,2,14H2,1H3. The lowest BCUT2D eigenvalue weighted by Gasteiger charge is -2.29. The van der Waals surface area contributed by atoms with E-state index in [1.54, 1.807) is 42.5 Å². The second-order valence-electron chi connectivity index (χ2n) is 5.77. The summed E-state index contributed by atoms with van der Waals surface area (Å²) in [4.78, 5) is 0.103. The first-order valence-corrected chi connectivity index (χ1v) is 11.2. The number of sulfonamides is 1. The molecule has 0 bridgehead atoms. The summed E-state index contributed by atoms with van der Waals surface area (Å²) in [5, 5.41) is 1.07. The van der Waals surface area contributed by atoms with Crippen molar-refractivity contribution in [1.29, 1.82) is 0 Å². The fourth-order valence-corrected chi connectivity index (χ4v) is 5.77. The number of nitrogens with zero attached hydrogens (tertiary/aromatic N) is 1. The summed E-state index contributed by atoms with van der Waals surface area (Å²) in [6.07, 6.45) is 1.41. The van der Waals surface area contributed by atoms with Gasteiger partial charge in [-0.1, -0.05) is 18.2 Å². The molecule has 0 saturated carbocycles. The van der Waals surface area contributed by atoms with Crippen molar-refractivity contribution < 1.29 is 21.6 Å². The molecule has 0 fully saturated rings. The van der Waals surface area contributed by atoms with Crippen LogP contribution < -0.4 is 9.04 Å². The minimum absolute atomic E-state index is 0.103. The molecular formula is C18H19NO5S2. The molecule has 2 aromatic carbocycles. The first kappa shape index (κ1) is 18.5. The maximum Gasteiger partial charge on any atom is 0.264 e. The Morgan fingerprint density at radius 2 is 1.73 bits per heavy atom. The van der Waals surface area contributed by atoms with Crippen LogP contribution in [0.25, 0.3) is 0 Å². The Hall–Kier alpha value is -2.32. The topological polar surface area (TPSA) is 80.8 Å². The summed E-state index contributed by atoms with van der Waals surface area (Å²) in [5.41, 5.74) is 0.379. The number of rotatable bonds is 6. The van der Waals surface area contributed by atoms with Crippen molar-refractivity contribution in [1.82, 2.24) is 0 Å². The van der Waals surface area contributed by atoms with Crippen LogP contribution in [0, 0.1) is 0 Å². The van der Waals surface area contributed by atoms with Crippen LogP contribution in [0.15, 0.2) is 71.0 Å². The first-order chi connectivity index (χ1) is 12.3. The number of anilines is 1. The van der Waals surface area contributed by atoms with Crippen LogP contribution in [0.4, 0.5) is 5.69 Å². The third kappa shape index (κ3) is 3.76. The monoisotopic (exact) mass is 393 g/mol. The minimum atomic E-state index is -3.94. The van der Waals surface area contributed by atoms with E-state index in [1.165, 1.54) is 18.2 Å². The fraction of sp³-hybridized carbons (Fsp3) is 0.222. The van der Waals surface area contributed by atoms with Crippen LogP contribution in [0.5, 0.6) is 5.75 Å². The van der Waals surface area contributed by atoms with E-state index in [1.807, 2.05) is 6.92 Å². The van der Waals surface area contributed by atoms with Gasteiger partial charge >= 0.3 is 0 Å². The van der Waals surface area contributed by atoms with Gasteiger partial charge in [-0.05, 0) is 49.4 Å². The summed E-state index contributed by atoms with van der Waals surface area (Å²) in [6, 6.07) is 13.7. The number of hydrogen-bond acceptors (Lipinski definition) is 5. The van der Waals surface area contributed by atoms with Crippen LogP contribution >= 0.6 is 0 Å². The molecule has 3 rings (SSSR count). The highest BCUT2D eigenvalue weighted by molar-refractivity contribution is 7.95.